The van der Waals surface area contributed by atoms with Crippen LogP contribution in [0.3, 0.4) is 0 Å². The number of methoxy groups -OCH3 is 1. The van der Waals surface area contributed by atoms with E-state index >= 15 is 0 Å². The van der Waals surface area contributed by atoms with Crippen molar-refractivity contribution in [1.29, 1.82) is 0 Å². The molecule has 0 amide bonds. The lowest BCUT2D eigenvalue weighted by Crippen LogP contribution is -2.41. The Hall–Kier alpha value is -3.62. The third-order valence-electron chi connectivity index (χ3n) is 5.05. The molecule has 0 atom stereocenters. The van der Waals surface area contributed by atoms with Gasteiger partial charge in [0.05, 0.1) is 7.11 Å². The normalized spacial score (nSPS) is 11.4. The third kappa shape index (κ3) is 2.32. The van der Waals surface area contributed by atoms with Crippen molar-refractivity contribution in [1.82, 2.24) is 23.1 Å². The van der Waals surface area contributed by atoms with E-state index in [1.54, 1.807) is 4.40 Å². The molecule has 0 unspecified atom stereocenters. The molecule has 144 valence electrons. The van der Waals surface area contributed by atoms with Gasteiger partial charge in [-0.05, 0) is 26.0 Å². The number of hydrogen-bond donors (Lipinski definition) is 0. The molecule has 0 spiro atoms. The highest BCUT2D eigenvalue weighted by molar-refractivity contribution is 5.78. The summed E-state index contributed by atoms with van der Waals surface area (Å²) in [5.74, 6) is -0.145. The van der Waals surface area contributed by atoms with Crippen molar-refractivity contribution in [2.75, 3.05) is 7.11 Å². The van der Waals surface area contributed by atoms with Gasteiger partial charge in [0.15, 0.2) is 11.2 Å². The number of rotatable bonds is 3. The van der Waals surface area contributed by atoms with Gasteiger partial charge in [0.2, 0.25) is 5.78 Å². The first-order valence-electron chi connectivity index (χ1n) is 8.69. The van der Waals surface area contributed by atoms with Crippen LogP contribution in [0.25, 0.3) is 22.6 Å². The highest BCUT2D eigenvalue weighted by Gasteiger charge is 2.23. The average molecular weight is 381 g/mol. The second-order valence-corrected chi connectivity index (χ2v) is 6.57. The Kier molecular flexibility index (Phi) is 3.95. The second kappa shape index (κ2) is 6.22. The molecule has 1 aromatic carbocycles. The number of benzene rings is 1. The monoisotopic (exact) mass is 381 g/mol. The predicted octanol–water partition coefficient (Wildman–Crippen LogP) is 0.928. The number of para-hydroxylation sites is 1. The molecule has 0 saturated heterocycles. The number of esters is 1. The Morgan fingerprint density at radius 3 is 2.43 bits per heavy atom. The zero-order valence-corrected chi connectivity index (χ0v) is 16.0. The maximum Gasteiger partial charge on any atom is 0.333 e. The van der Waals surface area contributed by atoms with E-state index in [4.69, 9.17) is 0 Å². The fourth-order valence-corrected chi connectivity index (χ4v) is 3.47. The van der Waals surface area contributed by atoms with Gasteiger partial charge in [-0.1, -0.05) is 18.2 Å². The number of fused-ring (bicyclic) bond motifs is 3. The molecule has 9 heteroatoms. The molecule has 0 aliphatic heterocycles. The quantitative estimate of drug-likeness (QED) is 0.492. The molecule has 3 heterocycles. The van der Waals surface area contributed by atoms with E-state index in [1.807, 2.05) is 48.7 Å². The molecule has 4 rings (SSSR count). The number of ether oxygens (including phenoxy) is 1. The summed E-state index contributed by atoms with van der Waals surface area (Å²) >= 11 is 0. The Balaban J connectivity index is 2.16. The van der Waals surface area contributed by atoms with Crippen molar-refractivity contribution in [3.05, 3.63) is 62.6 Å². The molecule has 0 radical (unpaired) electrons. The summed E-state index contributed by atoms with van der Waals surface area (Å²) in [5, 5.41) is 0. The molecule has 0 fully saturated rings. The lowest BCUT2D eigenvalue weighted by Gasteiger charge is -2.07. The predicted molar refractivity (Wildman–Crippen MR) is 103 cm³/mol. The zero-order chi connectivity index (χ0) is 20.2. The molecule has 9 nitrogen and oxygen atoms in total. The van der Waals surface area contributed by atoms with Crippen molar-refractivity contribution in [3.8, 4) is 5.69 Å². The van der Waals surface area contributed by atoms with Crippen LogP contribution in [0.1, 0.15) is 11.4 Å². The van der Waals surface area contributed by atoms with E-state index in [0.29, 0.717) is 5.78 Å². The second-order valence-electron chi connectivity index (χ2n) is 6.57. The number of imidazole rings is 2. The van der Waals surface area contributed by atoms with Gasteiger partial charge in [-0.2, -0.15) is 4.98 Å². The number of hydrogen-bond acceptors (Lipinski definition) is 5. The van der Waals surface area contributed by atoms with Crippen LogP contribution in [0.5, 0.6) is 0 Å². The van der Waals surface area contributed by atoms with Gasteiger partial charge in [0.1, 0.15) is 6.54 Å². The zero-order valence-electron chi connectivity index (χ0n) is 16.0. The summed E-state index contributed by atoms with van der Waals surface area (Å²) < 4.78 is 10.4. The molecule has 4 aromatic rings. The van der Waals surface area contributed by atoms with Crippen LogP contribution in [0, 0.1) is 13.8 Å². The summed E-state index contributed by atoms with van der Waals surface area (Å²) in [6, 6.07) is 9.65. The maximum absolute atomic E-state index is 13.1. The fraction of sp³-hybridized carbons (Fsp3) is 0.263. The van der Waals surface area contributed by atoms with Gasteiger partial charge < -0.3 is 4.74 Å². The van der Waals surface area contributed by atoms with Gasteiger partial charge >= 0.3 is 11.7 Å². The van der Waals surface area contributed by atoms with Crippen LogP contribution in [-0.2, 0) is 23.1 Å². The van der Waals surface area contributed by atoms with Crippen molar-refractivity contribution in [3.63, 3.8) is 0 Å². The largest absolute Gasteiger partial charge is 0.468 e. The molecule has 0 aliphatic rings. The van der Waals surface area contributed by atoms with E-state index in [1.165, 1.54) is 18.7 Å². The van der Waals surface area contributed by atoms with E-state index in [0.717, 1.165) is 21.6 Å². The number of carbonyl (C=O) groups is 1. The Morgan fingerprint density at radius 2 is 1.79 bits per heavy atom. The minimum absolute atomic E-state index is 0.247. The van der Waals surface area contributed by atoms with Gasteiger partial charge in [0.25, 0.3) is 5.56 Å². The van der Waals surface area contributed by atoms with Gasteiger partial charge in [-0.3, -0.25) is 23.1 Å². The first kappa shape index (κ1) is 17.8. The van der Waals surface area contributed by atoms with Gasteiger partial charge in [0, 0.05) is 24.1 Å². The van der Waals surface area contributed by atoms with Gasteiger partial charge in [-0.25, -0.2) is 9.36 Å². The summed E-state index contributed by atoms with van der Waals surface area (Å²) in [6.45, 7) is 3.37. The molecule has 0 aliphatic carbocycles. The first-order valence-corrected chi connectivity index (χ1v) is 8.69. The van der Waals surface area contributed by atoms with Crippen LogP contribution in [0.15, 0.2) is 39.9 Å². The molecular weight excluding hydrogens is 362 g/mol. The van der Waals surface area contributed by atoms with Gasteiger partial charge in [-0.15, -0.1) is 0 Å². The molecular formula is C19H19N5O4. The smallest absolute Gasteiger partial charge is 0.333 e. The summed E-state index contributed by atoms with van der Waals surface area (Å²) in [5.41, 5.74) is 1.95. The highest BCUT2D eigenvalue weighted by Crippen LogP contribution is 2.24. The summed E-state index contributed by atoms with van der Waals surface area (Å²) in [7, 11) is 2.74. The Morgan fingerprint density at radius 1 is 1.11 bits per heavy atom. The van der Waals surface area contributed by atoms with E-state index in [2.05, 4.69) is 9.72 Å². The minimum atomic E-state index is -0.672. The van der Waals surface area contributed by atoms with Crippen molar-refractivity contribution in [2.24, 2.45) is 7.05 Å². The molecule has 0 N–H and O–H groups in total. The SMILES string of the molecule is COC(=O)Cn1c(=O)c2c(nc3n(-c4ccccc4)c(C)c(C)n23)n(C)c1=O. The lowest BCUT2D eigenvalue weighted by molar-refractivity contribution is -0.141. The number of aromatic nitrogens is 5. The van der Waals surface area contributed by atoms with Crippen LogP contribution in [-0.4, -0.2) is 36.2 Å². The topological polar surface area (TPSA) is 92.5 Å². The van der Waals surface area contributed by atoms with Crippen LogP contribution in [0.4, 0.5) is 0 Å². The van der Waals surface area contributed by atoms with Crippen LogP contribution >= 0.6 is 0 Å². The molecule has 0 saturated carbocycles. The van der Waals surface area contributed by atoms with E-state index < -0.39 is 23.8 Å². The molecule has 3 aromatic heterocycles. The minimum Gasteiger partial charge on any atom is -0.468 e. The Bertz CT molecular complexity index is 1350. The fourth-order valence-electron chi connectivity index (χ4n) is 3.47. The maximum atomic E-state index is 13.1. The molecule has 0 bridgehead atoms. The lowest BCUT2D eigenvalue weighted by atomic mass is 10.3. The van der Waals surface area contributed by atoms with E-state index in [-0.39, 0.29) is 11.2 Å². The number of nitrogens with zero attached hydrogens (tertiary/aromatic N) is 5. The molecule has 28 heavy (non-hydrogen) atoms. The first-order chi connectivity index (χ1) is 13.4. The van der Waals surface area contributed by atoms with Crippen molar-refractivity contribution in [2.45, 2.75) is 20.4 Å². The average Bonchev–Trinajstić information content (AvgIpc) is 3.20. The number of carbonyl (C=O) groups excluding carboxylic acids is 1. The van der Waals surface area contributed by atoms with Crippen molar-refractivity contribution < 1.29 is 9.53 Å². The summed E-state index contributed by atoms with van der Waals surface area (Å²) in [6.07, 6.45) is 0. The highest BCUT2D eigenvalue weighted by atomic mass is 16.5. The van der Waals surface area contributed by atoms with Crippen LogP contribution in [0.2, 0.25) is 0 Å². The number of aryl methyl sites for hydroxylation is 2. The summed E-state index contributed by atoms with van der Waals surface area (Å²) in [4.78, 5) is 42.0. The van der Waals surface area contributed by atoms with Crippen LogP contribution < -0.4 is 11.2 Å². The third-order valence-corrected chi connectivity index (χ3v) is 5.05. The van der Waals surface area contributed by atoms with Crippen molar-refractivity contribution >= 4 is 22.9 Å². The standard InChI is InChI=1S/C19H19N5O4/c1-11-12(2)24-15-16(20-18(24)23(11)13-8-6-5-7-9-13)21(3)19(27)22(17(15)26)10-14(25)28-4/h5-9H,10H2,1-4H3. The van der Waals surface area contributed by atoms with E-state index in [9.17, 15) is 14.4 Å². The Labute approximate surface area is 159 Å².